The van der Waals surface area contributed by atoms with Gasteiger partial charge in [0.2, 0.25) is 0 Å². The highest BCUT2D eigenvalue weighted by molar-refractivity contribution is 7.89. The van der Waals surface area contributed by atoms with Crippen LogP contribution in [0.5, 0.6) is 0 Å². The van der Waals surface area contributed by atoms with Crippen molar-refractivity contribution < 1.29 is 8.42 Å². The summed E-state index contributed by atoms with van der Waals surface area (Å²) in [6.07, 6.45) is 4.27. The molecular weight excluding hydrogens is 220 g/mol. The molecule has 0 amide bonds. The third-order valence-corrected chi connectivity index (χ3v) is 2.27. The molecule has 0 aliphatic carbocycles. The van der Waals surface area contributed by atoms with Crippen molar-refractivity contribution in [2.24, 2.45) is 5.14 Å². The van der Waals surface area contributed by atoms with E-state index in [2.05, 4.69) is 25.1 Å². The molecule has 8 nitrogen and oxygen atoms in total. The molecule has 3 N–H and O–H groups in total. The molecule has 0 atom stereocenters. The Labute approximate surface area is 84.6 Å². The quantitative estimate of drug-likeness (QED) is 0.669. The zero-order valence-electron chi connectivity index (χ0n) is 7.32. The average molecular weight is 226 g/mol. The lowest BCUT2D eigenvalue weighted by atomic mass is 10.3. The Kier molecular flexibility index (Phi) is 2.17. The number of hydrogen-bond acceptors (Lipinski definition) is 6. The van der Waals surface area contributed by atoms with E-state index in [-0.39, 0.29) is 11.0 Å². The molecule has 2 heterocycles. The minimum absolute atomic E-state index is 0.180. The highest BCUT2D eigenvalue weighted by Crippen LogP contribution is 2.11. The number of hydrogen-bond donors (Lipinski definition) is 2. The minimum atomic E-state index is -3.86. The van der Waals surface area contributed by atoms with Gasteiger partial charge >= 0.3 is 0 Å². The van der Waals surface area contributed by atoms with E-state index >= 15 is 0 Å². The predicted molar refractivity (Wildman–Crippen MR) is 48.8 cm³/mol. The van der Waals surface area contributed by atoms with Gasteiger partial charge in [-0.3, -0.25) is 0 Å². The highest BCUT2D eigenvalue weighted by Gasteiger charge is 2.14. The van der Waals surface area contributed by atoms with Crippen LogP contribution < -0.4 is 5.14 Å². The second-order valence-corrected chi connectivity index (χ2v) is 4.11. The van der Waals surface area contributed by atoms with Gasteiger partial charge in [-0.2, -0.15) is 10.1 Å². The maximum Gasteiger partial charge on any atom is 0.273 e. The van der Waals surface area contributed by atoms with E-state index in [0.29, 0.717) is 5.56 Å². The van der Waals surface area contributed by atoms with Gasteiger partial charge in [-0.15, -0.1) is 0 Å². The van der Waals surface area contributed by atoms with E-state index in [1.54, 1.807) is 0 Å². The summed E-state index contributed by atoms with van der Waals surface area (Å²) in [5, 5.41) is 10.4. The van der Waals surface area contributed by atoms with Crippen molar-refractivity contribution in [2.75, 3.05) is 0 Å². The molecule has 0 saturated heterocycles. The number of nitrogens with zero attached hydrogens (tertiary/aromatic N) is 4. The molecule has 2 rings (SSSR count). The molecule has 2 aromatic rings. The van der Waals surface area contributed by atoms with E-state index in [1.807, 2.05) is 0 Å². The first-order chi connectivity index (χ1) is 7.07. The van der Waals surface area contributed by atoms with Crippen LogP contribution in [0.1, 0.15) is 0 Å². The molecule has 0 fully saturated rings. The van der Waals surface area contributed by atoms with Crippen molar-refractivity contribution >= 4 is 10.0 Å². The summed E-state index contributed by atoms with van der Waals surface area (Å²) in [5.41, 5.74) is 0.503. The summed E-state index contributed by atoms with van der Waals surface area (Å²) in [5.74, 6) is 0.180. The summed E-state index contributed by atoms with van der Waals surface area (Å²) in [4.78, 5) is 11.2. The topological polar surface area (TPSA) is 128 Å². The number of primary sulfonamides is 1. The molecule has 0 aliphatic rings. The summed E-state index contributed by atoms with van der Waals surface area (Å²) in [6, 6.07) is 0. The van der Waals surface area contributed by atoms with E-state index < -0.39 is 10.0 Å². The van der Waals surface area contributed by atoms with Crippen molar-refractivity contribution in [1.29, 1.82) is 0 Å². The van der Waals surface area contributed by atoms with Gasteiger partial charge in [0.15, 0.2) is 5.82 Å². The van der Waals surface area contributed by atoms with Gasteiger partial charge in [0.25, 0.3) is 15.2 Å². The van der Waals surface area contributed by atoms with Crippen LogP contribution in [0.2, 0.25) is 0 Å². The molecule has 0 spiro atoms. The second-order valence-electron chi connectivity index (χ2n) is 2.64. The molecule has 0 aromatic carbocycles. The van der Waals surface area contributed by atoms with Gasteiger partial charge in [-0.25, -0.2) is 28.6 Å². The van der Waals surface area contributed by atoms with Gasteiger partial charge in [0.1, 0.15) is 6.33 Å². The van der Waals surface area contributed by atoms with E-state index in [1.165, 1.54) is 18.7 Å². The molecule has 0 aliphatic heterocycles. The fourth-order valence-electron chi connectivity index (χ4n) is 0.918. The van der Waals surface area contributed by atoms with Crippen molar-refractivity contribution in [3.05, 3.63) is 18.7 Å². The van der Waals surface area contributed by atoms with Crippen LogP contribution in [0.15, 0.2) is 23.9 Å². The molecule has 78 valence electrons. The van der Waals surface area contributed by atoms with Gasteiger partial charge in [-0.05, 0) is 0 Å². The monoisotopic (exact) mass is 226 g/mol. The summed E-state index contributed by atoms with van der Waals surface area (Å²) in [6.45, 7) is 0. The largest absolute Gasteiger partial charge is 0.273 e. The van der Waals surface area contributed by atoms with Crippen LogP contribution in [0.25, 0.3) is 11.4 Å². The molecule has 0 saturated carbocycles. The highest BCUT2D eigenvalue weighted by atomic mass is 32.2. The SMILES string of the molecule is NS(=O)(=O)c1nc(-c2cncnc2)n[nH]1. The maximum absolute atomic E-state index is 10.9. The standard InChI is InChI=1S/C6H6N6O2S/c7-15(13,14)6-10-5(11-12-6)4-1-8-3-9-2-4/h1-3H,(H2,7,13,14)(H,10,11,12). The Morgan fingerprint density at radius 3 is 2.47 bits per heavy atom. The maximum atomic E-state index is 10.9. The summed E-state index contributed by atoms with van der Waals surface area (Å²) >= 11 is 0. The lowest BCUT2D eigenvalue weighted by Gasteiger charge is -1.90. The number of nitrogens with one attached hydrogen (secondary N) is 1. The Bertz CT molecular complexity index is 562. The van der Waals surface area contributed by atoms with Crippen molar-refractivity contribution in [3.8, 4) is 11.4 Å². The lowest BCUT2D eigenvalue weighted by molar-refractivity contribution is 0.589. The molecule has 15 heavy (non-hydrogen) atoms. The number of H-pyrrole nitrogens is 1. The normalized spacial score (nSPS) is 11.5. The number of aromatic amines is 1. The Morgan fingerprint density at radius 1 is 1.27 bits per heavy atom. The first-order valence-electron chi connectivity index (χ1n) is 3.78. The molecule has 0 unspecified atom stereocenters. The predicted octanol–water partition coefficient (Wildman–Crippen LogP) is -1.09. The molecule has 0 bridgehead atoms. The zero-order valence-corrected chi connectivity index (χ0v) is 8.14. The van der Waals surface area contributed by atoms with Crippen molar-refractivity contribution in [2.45, 2.75) is 5.16 Å². The lowest BCUT2D eigenvalue weighted by Crippen LogP contribution is -2.13. The molecular formula is C6H6N6O2S. The second kappa shape index (κ2) is 3.37. The summed E-state index contributed by atoms with van der Waals surface area (Å²) < 4.78 is 21.8. The first kappa shape index (κ1) is 9.68. The van der Waals surface area contributed by atoms with Crippen LogP contribution >= 0.6 is 0 Å². The van der Waals surface area contributed by atoms with Gasteiger partial charge < -0.3 is 0 Å². The Balaban J connectivity index is 2.46. The Hall–Kier alpha value is -1.87. The number of rotatable bonds is 2. The number of nitrogens with two attached hydrogens (primary N) is 1. The fourth-order valence-corrected chi connectivity index (χ4v) is 1.30. The van der Waals surface area contributed by atoms with Crippen LogP contribution in [-0.2, 0) is 10.0 Å². The van der Waals surface area contributed by atoms with Crippen molar-refractivity contribution in [1.82, 2.24) is 25.1 Å². The fraction of sp³-hybridized carbons (Fsp3) is 0. The van der Waals surface area contributed by atoms with Crippen LogP contribution in [0.4, 0.5) is 0 Å². The summed E-state index contributed by atoms with van der Waals surface area (Å²) in [7, 11) is -3.86. The number of aromatic nitrogens is 5. The first-order valence-corrected chi connectivity index (χ1v) is 5.32. The molecule has 9 heteroatoms. The van der Waals surface area contributed by atoms with Crippen LogP contribution in [0, 0.1) is 0 Å². The molecule has 0 radical (unpaired) electrons. The van der Waals surface area contributed by atoms with Gasteiger partial charge in [0, 0.05) is 12.4 Å². The van der Waals surface area contributed by atoms with E-state index in [4.69, 9.17) is 5.14 Å². The third kappa shape index (κ3) is 1.97. The zero-order chi connectivity index (χ0) is 10.9. The van der Waals surface area contributed by atoms with Crippen LogP contribution in [0.3, 0.4) is 0 Å². The van der Waals surface area contributed by atoms with Crippen LogP contribution in [-0.4, -0.2) is 33.6 Å². The minimum Gasteiger partial charge on any atom is -0.248 e. The third-order valence-electron chi connectivity index (χ3n) is 1.55. The Morgan fingerprint density at radius 2 is 1.93 bits per heavy atom. The van der Waals surface area contributed by atoms with E-state index in [0.717, 1.165) is 0 Å². The average Bonchev–Trinajstić information content (AvgIpc) is 2.67. The smallest absolute Gasteiger partial charge is 0.248 e. The number of sulfonamides is 1. The van der Waals surface area contributed by atoms with Crippen molar-refractivity contribution in [3.63, 3.8) is 0 Å². The van der Waals surface area contributed by atoms with Gasteiger partial charge in [0.05, 0.1) is 5.56 Å². The van der Waals surface area contributed by atoms with Gasteiger partial charge in [-0.1, -0.05) is 0 Å². The molecule has 2 aromatic heterocycles. The van der Waals surface area contributed by atoms with E-state index in [9.17, 15) is 8.42 Å².